The number of aliphatic hydroxyl groups is 1. The molecular formula is C16H27NO3. The summed E-state index contributed by atoms with van der Waals surface area (Å²) in [6.45, 7) is 5.67. The minimum atomic E-state index is -0.456. The van der Waals surface area contributed by atoms with Gasteiger partial charge in [-0.3, -0.25) is 0 Å². The van der Waals surface area contributed by atoms with Crippen LogP contribution in [0.4, 0.5) is 4.79 Å². The van der Waals surface area contributed by atoms with E-state index in [0.717, 1.165) is 32.1 Å². The van der Waals surface area contributed by atoms with E-state index >= 15 is 0 Å². The lowest BCUT2D eigenvalue weighted by Crippen LogP contribution is -2.56. The lowest BCUT2D eigenvalue weighted by Gasteiger charge is -2.48. The molecule has 4 nitrogen and oxygen atoms in total. The van der Waals surface area contributed by atoms with E-state index in [1.165, 1.54) is 6.42 Å². The van der Waals surface area contributed by atoms with E-state index < -0.39 is 5.60 Å². The molecule has 5 atom stereocenters. The summed E-state index contributed by atoms with van der Waals surface area (Å²) in [6, 6.07) is 0. The van der Waals surface area contributed by atoms with Gasteiger partial charge >= 0.3 is 6.09 Å². The fourth-order valence-corrected chi connectivity index (χ4v) is 4.87. The first-order valence-corrected chi connectivity index (χ1v) is 7.94. The minimum Gasteiger partial charge on any atom is -0.444 e. The van der Waals surface area contributed by atoms with Gasteiger partial charge in [0.05, 0.1) is 6.10 Å². The lowest BCUT2D eigenvalue weighted by molar-refractivity contribution is 0.0162. The second kappa shape index (κ2) is 4.62. The van der Waals surface area contributed by atoms with Crippen LogP contribution >= 0.6 is 0 Å². The van der Waals surface area contributed by atoms with Crippen molar-refractivity contribution in [2.45, 2.75) is 76.5 Å². The zero-order chi connectivity index (χ0) is 14.5. The number of aliphatic hydroxyl groups excluding tert-OH is 1. The fourth-order valence-electron chi connectivity index (χ4n) is 4.87. The average molecular weight is 281 g/mol. The maximum Gasteiger partial charge on any atom is 0.408 e. The maximum atomic E-state index is 12.1. The van der Waals surface area contributed by atoms with Crippen LogP contribution in [-0.2, 0) is 4.74 Å². The van der Waals surface area contributed by atoms with Crippen molar-refractivity contribution >= 4 is 6.09 Å². The SMILES string of the molecule is CC(C)(C)OC(=O)NC12CC3CC(CC(C1)C(O)C3)C2. The molecule has 4 aliphatic rings. The van der Waals surface area contributed by atoms with E-state index in [0.29, 0.717) is 17.8 Å². The number of fused-ring (bicyclic) bond motifs is 1. The number of alkyl carbamates (subject to hydrolysis) is 1. The van der Waals surface area contributed by atoms with Gasteiger partial charge in [0, 0.05) is 5.54 Å². The van der Waals surface area contributed by atoms with Gasteiger partial charge in [0.25, 0.3) is 0 Å². The summed E-state index contributed by atoms with van der Waals surface area (Å²) in [7, 11) is 0. The highest BCUT2D eigenvalue weighted by molar-refractivity contribution is 5.69. The van der Waals surface area contributed by atoms with Crippen LogP contribution in [0, 0.1) is 17.8 Å². The normalized spacial score (nSPS) is 43.2. The molecule has 4 rings (SSSR count). The molecule has 0 aromatic heterocycles. The van der Waals surface area contributed by atoms with Gasteiger partial charge in [-0.2, -0.15) is 0 Å². The predicted molar refractivity (Wildman–Crippen MR) is 76.3 cm³/mol. The van der Waals surface area contributed by atoms with Crippen LogP contribution < -0.4 is 5.32 Å². The summed E-state index contributed by atoms with van der Waals surface area (Å²) in [4.78, 5) is 12.1. The van der Waals surface area contributed by atoms with E-state index in [4.69, 9.17) is 4.74 Å². The van der Waals surface area contributed by atoms with Crippen LogP contribution in [0.2, 0.25) is 0 Å². The molecule has 4 heteroatoms. The Bertz CT molecular complexity index is 403. The quantitative estimate of drug-likeness (QED) is 0.777. The largest absolute Gasteiger partial charge is 0.444 e. The number of ether oxygens (including phenoxy) is 1. The Morgan fingerprint density at radius 3 is 2.45 bits per heavy atom. The van der Waals surface area contributed by atoms with Gasteiger partial charge in [-0.1, -0.05) is 0 Å². The van der Waals surface area contributed by atoms with Gasteiger partial charge in [-0.15, -0.1) is 0 Å². The van der Waals surface area contributed by atoms with Gasteiger partial charge < -0.3 is 15.2 Å². The molecule has 0 aromatic carbocycles. The van der Waals surface area contributed by atoms with Gasteiger partial charge in [0.1, 0.15) is 5.60 Å². The van der Waals surface area contributed by atoms with Crippen LogP contribution in [0.15, 0.2) is 0 Å². The van der Waals surface area contributed by atoms with Crippen molar-refractivity contribution in [3.63, 3.8) is 0 Å². The van der Waals surface area contributed by atoms with E-state index in [2.05, 4.69) is 5.32 Å². The number of nitrogens with one attached hydrogen (secondary N) is 1. The summed E-state index contributed by atoms with van der Waals surface area (Å²) < 4.78 is 5.43. The average Bonchev–Trinajstić information content (AvgIpc) is 2.37. The fraction of sp³-hybridized carbons (Fsp3) is 0.938. The molecule has 0 radical (unpaired) electrons. The van der Waals surface area contributed by atoms with Gasteiger partial charge in [0.15, 0.2) is 0 Å². The zero-order valence-electron chi connectivity index (χ0n) is 12.8. The first-order valence-electron chi connectivity index (χ1n) is 7.94. The maximum absolute atomic E-state index is 12.1. The van der Waals surface area contributed by atoms with E-state index in [9.17, 15) is 9.90 Å². The smallest absolute Gasteiger partial charge is 0.408 e. The summed E-state index contributed by atoms with van der Waals surface area (Å²) in [6.07, 6.45) is 5.80. The second-order valence-corrected chi connectivity index (χ2v) is 8.29. The number of carbonyl (C=O) groups is 1. The van der Waals surface area contributed by atoms with Crippen LogP contribution in [0.3, 0.4) is 0 Å². The molecule has 114 valence electrons. The summed E-state index contributed by atoms with van der Waals surface area (Å²) >= 11 is 0. The molecule has 4 saturated carbocycles. The number of rotatable bonds is 1. The van der Waals surface area contributed by atoms with Crippen molar-refractivity contribution in [3.8, 4) is 0 Å². The Hall–Kier alpha value is -0.770. The molecule has 0 heterocycles. The molecule has 0 aromatic rings. The van der Waals surface area contributed by atoms with Crippen molar-refractivity contribution in [2.75, 3.05) is 0 Å². The highest BCUT2D eigenvalue weighted by Crippen LogP contribution is 2.53. The minimum absolute atomic E-state index is 0.129. The Balaban J connectivity index is 1.74. The third-order valence-corrected chi connectivity index (χ3v) is 5.20. The standard InChI is InChI=1S/C16H27NO3/c1-15(2,3)20-14(19)17-16-7-10-4-11(8-16)6-13(18)12(5-10)9-16/h10-13,18H,4-9H2,1-3H3,(H,17,19). The molecule has 5 unspecified atom stereocenters. The summed E-state index contributed by atoms with van der Waals surface area (Å²) in [5, 5.41) is 13.5. The zero-order valence-corrected chi connectivity index (χ0v) is 12.8. The topological polar surface area (TPSA) is 58.6 Å². The Morgan fingerprint density at radius 1 is 1.15 bits per heavy atom. The Morgan fingerprint density at radius 2 is 1.80 bits per heavy atom. The first-order chi connectivity index (χ1) is 9.25. The molecule has 4 fully saturated rings. The van der Waals surface area contributed by atoms with Crippen molar-refractivity contribution in [3.05, 3.63) is 0 Å². The number of hydrogen-bond acceptors (Lipinski definition) is 3. The molecule has 4 aliphatic carbocycles. The van der Waals surface area contributed by atoms with Crippen molar-refractivity contribution in [1.29, 1.82) is 0 Å². The highest BCUT2D eigenvalue weighted by Gasteiger charge is 2.52. The molecule has 20 heavy (non-hydrogen) atoms. The van der Waals surface area contributed by atoms with E-state index in [1.54, 1.807) is 0 Å². The van der Waals surface area contributed by atoms with Crippen LogP contribution in [0.1, 0.15) is 59.3 Å². The van der Waals surface area contributed by atoms with Crippen molar-refractivity contribution < 1.29 is 14.6 Å². The molecule has 4 bridgehead atoms. The van der Waals surface area contributed by atoms with Gasteiger partial charge in [0.2, 0.25) is 0 Å². The van der Waals surface area contributed by atoms with Crippen LogP contribution in [0.5, 0.6) is 0 Å². The molecule has 0 saturated heterocycles. The first kappa shape index (κ1) is 14.2. The second-order valence-electron chi connectivity index (χ2n) is 8.29. The van der Waals surface area contributed by atoms with Crippen molar-refractivity contribution in [2.24, 2.45) is 17.8 Å². The molecular weight excluding hydrogens is 254 g/mol. The third-order valence-electron chi connectivity index (χ3n) is 5.20. The van der Waals surface area contributed by atoms with Gasteiger partial charge in [-0.05, 0) is 77.0 Å². The molecule has 1 amide bonds. The Kier molecular flexibility index (Phi) is 3.27. The van der Waals surface area contributed by atoms with Crippen LogP contribution in [-0.4, -0.2) is 28.4 Å². The lowest BCUT2D eigenvalue weighted by atomic mass is 9.63. The summed E-state index contributed by atoms with van der Waals surface area (Å²) in [5.41, 5.74) is -0.585. The number of amides is 1. The monoisotopic (exact) mass is 281 g/mol. The number of hydrogen-bond donors (Lipinski definition) is 2. The third kappa shape index (κ3) is 2.80. The summed E-state index contributed by atoms with van der Waals surface area (Å²) in [5.74, 6) is 1.59. The van der Waals surface area contributed by atoms with E-state index in [-0.39, 0.29) is 17.7 Å². The Labute approximate surface area is 121 Å². The highest BCUT2D eigenvalue weighted by atomic mass is 16.6. The number of carbonyl (C=O) groups excluding carboxylic acids is 1. The van der Waals surface area contributed by atoms with Crippen LogP contribution in [0.25, 0.3) is 0 Å². The molecule has 2 N–H and O–H groups in total. The van der Waals surface area contributed by atoms with E-state index in [1.807, 2.05) is 20.8 Å². The van der Waals surface area contributed by atoms with Crippen molar-refractivity contribution in [1.82, 2.24) is 5.32 Å². The molecule has 0 aliphatic heterocycles. The molecule has 0 spiro atoms. The predicted octanol–water partition coefficient (Wildman–Crippen LogP) is 2.84. The van der Waals surface area contributed by atoms with Gasteiger partial charge in [-0.25, -0.2) is 4.79 Å².